The minimum Gasteiger partial charge on any atom is -0.351 e. The molecular formula is C19H21N3O2S2. The molecular weight excluding hydrogens is 366 g/mol. The number of hydrogen-bond acceptors (Lipinski definition) is 5. The molecule has 136 valence electrons. The minimum absolute atomic E-state index is 0.0328. The van der Waals surface area contributed by atoms with Crippen molar-refractivity contribution in [2.75, 3.05) is 0 Å². The van der Waals surface area contributed by atoms with Gasteiger partial charge in [0.05, 0.1) is 10.8 Å². The molecule has 0 saturated heterocycles. The molecule has 3 rings (SSSR count). The Morgan fingerprint density at radius 2 is 2.04 bits per heavy atom. The lowest BCUT2D eigenvalue weighted by atomic mass is 10.2. The first kappa shape index (κ1) is 18.7. The number of benzene rings is 1. The number of thiophene rings is 1. The number of nitrogens with one attached hydrogen (secondary N) is 1. The summed E-state index contributed by atoms with van der Waals surface area (Å²) in [5.41, 5.74) is 1.73. The molecule has 3 aromatic rings. The van der Waals surface area contributed by atoms with E-state index in [4.69, 9.17) is 0 Å². The van der Waals surface area contributed by atoms with E-state index in [0.717, 1.165) is 5.56 Å². The molecule has 2 aromatic heterocycles. The van der Waals surface area contributed by atoms with Gasteiger partial charge in [-0.25, -0.2) is 4.98 Å². The van der Waals surface area contributed by atoms with E-state index < -0.39 is 0 Å². The van der Waals surface area contributed by atoms with Crippen LogP contribution in [0.3, 0.4) is 0 Å². The molecule has 1 aromatic carbocycles. The summed E-state index contributed by atoms with van der Waals surface area (Å²) in [4.78, 5) is 29.8. The highest BCUT2D eigenvalue weighted by atomic mass is 32.2. The van der Waals surface area contributed by atoms with Crippen molar-refractivity contribution in [2.45, 2.75) is 43.8 Å². The third kappa shape index (κ3) is 3.99. The Hall–Kier alpha value is -2.12. The van der Waals surface area contributed by atoms with Crippen LogP contribution in [-0.4, -0.2) is 20.7 Å². The first-order valence-corrected chi connectivity index (χ1v) is 10.4. The smallest absolute Gasteiger partial charge is 0.272 e. The topological polar surface area (TPSA) is 64.0 Å². The average Bonchev–Trinajstić information content (AvgIpc) is 3.14. The number of amides is 1. The second kappa shape index (κ2) is 8.51. The van der Waals surface area contributed by atoms with E-state index in [1.807, 2.05) is 55.6 Å². The van der Waals surface area contributed by atoms with Gasteiger partial charge >= 0.3 is 0 Å². The van der Waals surface area contributed by atoms with Gasteiger partial charge < -0.3 is 5.32 Å². The van der Waals surface area contributed by atoms with Crippen LogP contribution >= 0.6 is 23.1 Å². The van der Waals surface area contributed by atoms with E-state index in [0.29, 0.717) is 34.9 Å². The van der Waals surface area contributed by atoms with Gasteiger partial charge in [0.1, 0.15) is 4.70 Å². The maximum absolute atomic E-state index is 12.6. The Balaban J connectivity index is 1.78. The van der Waals surface area contributed by atoms with Crippen LogP contribution in [0.25, 0.3) is 10.2 Å². The van der Waals surface area contributed by atoms with Gasteiger partial charge in [0, 0.05) is 13.1 Å². The Kier molecular flexibility index (Phi) is 6.11. The monoisotopic (exact) mass is 387 g/mol. The lowest BCUT2D eigenvalue weighted by Crippen LogP contribution is -2.33. The third-order valence-electron chi connectivity index (χ3n) is 4.07. The van der Waals surface area contributed by atoms with E-state index in [9.17, 15) is 9.59 Å². The highest BCUT2D eigenvalue weighted by Gasteiger charge is 2.21. The fourth-order valence-electron chi connectivity index (χ4n) is 2.64. The van der Waals surface area contributed by atoms with Gasteiger partial charge in [-0.05, 0) is 30.4 Å². The number of rotatable bonds is 7. The van der Waals surface area contributed by atoms with Crippen molar-refractivity contribution in [1.29, 1.82) is 0 Å². The minimum atomic E-state index is -0.292. The molecule has 0 radical (unpaired) electrons. The van der Waals surface area contributed by atoms with E-state index in [1.165, 1.54) is 23.1 Å². The molecule has 0 bridgehead atoms. The lowest BCUT2D eigenvalue weighted by Gasteiger charge is -2.16. The molecule has 0 aliphatic rings. The Labute approximate surface area is 160 Å². The second-order valence-corrected chi connectivity index (χ2v) is 7.88. The normalized spacial score (nSPS) is 12.2. The Morgan fingerprint density at radius 3 is 2.73 bits per heavy atom. The molecule has 1 N–H and O–H groups in total. The molecule has 0 fully saturated rings. The number of nitrogens with zero attached hydrogens (tertiary/aromatic N) is 2. The van der Waals surface area contributed by atoms with Crippen LogP contribution < -0.4 is 10.9 Å². The lowest BCUT2D eigenvalue weighted by molar-refractivity contribution is -0.120. The molecule has 26 heavy (non-hydrogen) atoms. The number of thioether (sulfide) groups is 1. The molecule has 5 nitrogen and oxygen atoms in total. The highest BCUT2D eigenvalue weighted by molar-refractivity contribution is 8.00. The van der Waals surface area contributed by atoms with Crippen molar-refractivity contribution in [2.24, 2.45) is 0 Å². The van der Waals surface area contributed by atoms with E-state index in [1.54, 1.807) is 4.57 Å². The Morgan fingerprint density at radius 1 is 1.27 bits per heavy atom. The molecule has 1 atom stereocenters. The summed E-state index contributed by atoms with van der Waals surface area (Å²) in [6.07, 6.45) is 0.659. The summed E-state index contributed by atoms with van der Waals surface area (Å²) in [6, 6.07) is 11.7. The van der Waals surface area contributed by atoms with Crippen molar-refractivity contribution in [1.82, 2.24) is 14.9 Å². The molecule has 0 saturated carbocycles. The van der Waals surface area contributed by atoms with Crippen molar-refractivity contribution < 1.29 is 4.79 Å². The van der Waals surface area contributed by atoms with Crippen LogP contribution in [0.2, 0.25) is 0 Å². The van der Waals surface area contributed by atoms with E-state index >= 15 is 0 Å². The zero-order valence-electron chi connectivity index (χ0n) is 14.8. The molecule has 1 amide bonds. The average molecular weight is 388 g/mol. The van der Waals surface area contributed by atoms with Gasteiger partial charge in [-0.3, -0.25) is 14.2 Å². The summed E-state index contributed by atoms with van der Waals surface area (Å²) in [5, 5.41) is 5.16. The van der Waals surface area contributed by atoms with Crippen molar-refractivity contribution in [3.05, 3.63) is 57.7 Å². The molecule has 1 unspecified atom stereocenters. The standard InChI is InChI=1S/C19H21N3O2S2/c1-3-15(17(23)20-12-13-8-6-5-7-9-13)26-19-21-14-10-11-25-16(14)18(24)22(19)4-2/h5-11,15H,3-4,12H2,1-2H3,(H,20,23). The zero-order chi connectivity index (χ0) is 18.5. The quantitative estimate of drug-likeness (QED) is 0.496. The summed E-state index contributed by atoms with van der Waals surface area (Å²) in [5.74, 6) is -0.0383. The van der Waals surface area contributed by atoms with Crippen molar-refractivity contribution in [3.8, 4) is 0 Å². The largest absolute Gasteiger partial charge is 0.351 e. The number of aromatic nitrogens is 2. The summed E-state index contributed by atoms with van der Waals surface area (Å²) in [7, 11) is 0. The first-order valence-electron chi connectivity index (χ1n) is 8.60. The van der Waals surface area contributed by atoms with Crippen LogP contribution in [0.4, 0.5) is 0 Å². The predicted molar refractivity (Wildman–Crippen MR) is 108 cm³/mol. The van der Waals surface area contributed by atoms with Crippen LogP contribution in [-0.2, 0) is 17.9 Å². The third-order valence-corrected chi connectivity index (χ3v) is 6.31. The fourth-order valence-corrected chi connectivity index (χ4v) is 4.52. The van der Waals surface area contributed by atoms with Gasteiger partial charge in [-0.15, -0.1) is 11.3 Å². The van der Waals surface area contributed by atoms with Crippen molar-refractivity contribution in [3.63, 3.8) is 0 Å². The summed E-state index contributed by atoms with van der Waals surface area (Å²) >= 11 is 2.76. The molecule has 2 heterocycles. The van der Waals surface area contributed by atoms with Gasteiger partial charge in [0.15, 0.2) is 5.16 Å². The predicted octanol–water partition coefficient (Wildman–Crippen LogP) is 3.67. The van der Waals surface area contributed by atoms with Crippen LogP contribution in [0.1, 0.15) is 25.8 Å². The van der Waals surface area contributed by atoms with Gasteiger partial charge in [0.25, 0.3) is 5.56 Å². The van der Waals surface area contributed by atoms with Crippen LogP contribution in [0, 0.1) is 0 Å². The zero-order valence-corrected chi connectivity index (χ0v) is 16.4. The SMILES string of the molecule is CCC(Sc1nc2ccsc2c(=O)n1CC)C(=O)NCc1ccccc1. The van der Waals surface area contributed by atoms with E-state index in [2.05, 4.69) is 10.3 Å². The molecule has 0 aliphatic heterocycles. The maximum atomic E-state index is 12.6. The van der Waals surface area contributed by atoms with Gasteiger partial charge in [-0.2, -0.15) is 0 Å². The van der Waals surface area contributed by atoms with Crippen molar-refractivity contribution >= 4 is 39.2 Å². The first-order chi connectivity index (χ1) is 12.6. The van der Waals surface area contributed by atoms with Gasteiger partial charge in [0.2, 0.25) is 5.91 Å². The second-order valence-electron chi connectivity index (χ2n) is 5.80. The molecule has 0 spiro atoms. The fraction of sp³-hybridized carbons (Fsp3) is 0.316. The molecule has 0 aliphatic carbocycles. The summed E-state index contributed by atoms with van der Waals surface area (Å²) < 4.78 is 2.31. The molecule has 7 heteroatoms. The summed E-state index contributed by atoms with van der Waals surface area (Å²) in [6.45, 7) is 4.92. The number of carbonyl (C=O) groups excluding carboxylic acids is 1. The van der Waals surface area contributed by atoms with Gasteiger partial charge in [-0.1, -0.05) is 49.0 Å². The van der Waals surface area contributed by atoms with Crippen LogP contribution in [0.15, 0.2) is 51.7 Å². The van der Waals surface area contributed by atoms with Crippen LogP contribution in [0.5, 0.6) is 0 Å². The maximum Gasteiger partial charge on any atom is 0.272 e. The Bertz CT molecular complexity index is 950. The number of carbonyl (C=O) groups is 1. The van der Waals surface area contributed by atoms with E-state index in [-0.39, 0.29) is 16.7 Å². The number of fused-ring (bicyclic) bond motifs is 1. The highest BCUT2D eigenvalue weighted by Crippen LogP contribution is 2.26. The number of hydrogen-bond donors (Lipinski definition) is 1.